The molecule has 43 heavy (non-hydrogen) atoms. The van der Waals surface area contributed by atoms with Gasteiger partial charge in [0.1, 0.15) is 12.3 Å². The number of hydrogen-bond donors (Lipinski definition) is 5. The lowest BCUT2D eigenvalue weighted by molar-refractivity contribution is -0.136. The fourth-order valence-electron chi connectivity index (χ4n) is 8.44. The predicted octanol–water partition coefficient (Wildman–Crippen LogP) is 0.673. The summed E-state index contributed by atoms with van der Waals surface area (Å²) in [6.45, 7) is 10.1. The molecule has 4 aliphatic rings. The fraction of sp³-hybridized carbons (Fsp3) is 0.935. The van der Waals surface area contributed by atoms with Crippen LogP contribution in [0, 0.1) is 17.3 Å². The molecule has 0 radical (unpaired) electrons. The third-order valence-corrected chi connectivity index (χ3v) is 10.8. The van der Waals surface area contributed by atoms with Gasteiger partial charge in [-0.1, -0.05) is 40.0 Å². The monoisotopic (exact) mass is 612 g/mol. The van der Waals surface area contributed by atoms with Crippen molar-refractivity contribution in [3.05, 3.63) is 0 Å². The van der Waals surface area contributed by atoms with Crippen molar-refractivity contribution in [2.75, 3.05) is 66.5 Å². The number of hydrogen-bond acceptors (Lipinski definition) is 8. The summed E-state index contributed by atoms with van der Waals surface area (Å²) in [5.41, 5.74) is 6.43. The molecule has 0 saturated carbocycles. The Morgan fingerprint density at radius 2 is 1.81 bits per heavy atom. The van der Waals surface area contributed by atoms with Crippen LogP contribution in [0.3, 0.4) is 0 Å². The first kappa shape index (κ1) is 34.4. The number of nitrogens with two attached hydrogens (primary N) is 1. The predicted molar refractivity (Wildman–Crippen MR) is 166 cm³/mol. The van der Waals surface area contributed by atoms with Crippen LogP contribution in [0.4, 0.5) is 8.78 Å². The summed E-state index contributed by atoms with van der Waals surface area (Å²) in [5, 5.41) is 13.4. The minimum Gasteiger partial charge on any atom is -0.350 e. The molecule has 0 aliphatic carbocycles. The third-order valence-electron chi connectivity index (χ3n) is 10.8. The Labute approximate surface area is 257 Å². The summed E-state index contributed by atoms with van der Waals surface area (Å²) in [5.74, 6) is -0.437. The van der Waals surface area contributed by atoms with Crippen LogP contribution in [-0.4, -0.2) is 136 Å². The van der Waals surface area contributed by atoms with Crippen molar-refractivity contribution in [3.8, 4) is 0 Å². The summed E-state index contributed by atoms with van der Waals surface area (Å²) in [4.78, 5) is 32.6. The van der Waals surface area contributed by atoms with Crippen molar-refractivity contribution in [1.29, 1.82) is 0 Å². The number of nitrogens with one attached hydrogen (secondary N) is 4. The number of fused-ring (bicyclic) bond motifs is 2. The van der Waals surface area contributed by atoms with Gasteiger partial charge in [-0.15, -0.1) is 0 Å². The maximum atomic E-state index is 15.6. The number of carbonyl (C=O) groups excluding carboxylic acids is 2. The van der Waals surface area contributed by atoms with Gasteiger partial charge in [-0.25, -0.2) is 8.78 Å². The molecule has 0 spiro atoms. The van der Waals surface area contributed by atoms with Crippen LogP contribution in [0.15, 0.2) is 0 Å². The van der Waals surface area contributed by atoms with Crippen molar-refractivity contribution in [3.63, 3.8) is 0 Å². The number of piperidine rings is 2. The molecule has 4 heterocycles. The van der Waals surface area contributed by atoms with E-state index in [1.807, 2.05) is 23.9 Å². The summed E-state index contributed by atoms with van der Waals surface area (Å²) < 4.78 is 30.4. The van der Waals surface area contributed by atoms with Gasteiger partial charge in [0, 0.05) is 63.3 Å². The minimum atomic E-state index is -1.17. The van der Waals surface area contributed by atoms with Gasteiger partial charge in [0.2, 0.25) is 11.8 Å². The number of amides is 2. The molecule has 248 valence electrons. The van der Waals surface area contributed by atoms with Crippen LogP contribution >= 0.6 is 0 Å². The molecule has 4 rings (SSSR count). The van der Waals surface area contributed by atoms with E-state index >= 15 is 4.39 Å². The molecule has 4 saturated heterocycles. The molecule has 0 aromatic heterocycles. The van der Waals surface area contributed by atoms with E-state index in [1.165, 1.54) is 0 Å². The first-order valence-corrected chi connectivity index (χ1v) is 16.7. The van der Waals surface area contributed by atoms with E-state index in [4.69, 9.17) is 5.73 Å². The van der Waals surface area contributed by atoms with E-state index in [-0.39, 0.29) is 42.4 Å². The summed E-state index contributed by atoms with van der Waals surface area (Å²) in [6.07, 6.45) is 2.61. The van der Waals surface area contributed by atoms with E-state index in [9.17, 15) is 14.0 Å². The topological polar surface area (TPSA) is 118 Å². The van der Waals surface area contributed by atoms with Gasteiger partial charge < -0.3 is 31.5 Å². The molecule has 10 unspecified atom stereocenters. The number of likely N-dealkylation sites (N-methyl/N-ethyl adjacent to an activating group) is 1. The molecule has 4 fully saturated rings. The average molecular weight is 613 g/mol. The zero-order chi connectivity index (χ0) is 31.3. The maximum absolute atomic E-state index is 15.6. The number of nitrogens with zero attached hydrogens (tertiary/aromatic N) is 3. The van der Waals surface area contributed by atoms with Gasteiger partial charge in [0.25, 0.3) is 0 Å². The smallest absolute Gasteiger partial charge is 0.236 e. The first-order valence-electron chi connectivity index (χ1n) is 16.7. The number of alkyl halides is 2. The van der Waals surface area contributed by atoms with Crippen molar-refractivity contribution >= 4 is 11.8 Å². The Kier molecular flexibility index (Phi) is 12.2. The van der Waals surface area contributed by atoms with Gasteiger partial charge in [-0.2, -0.15) is 0 Å². The Bertz CT molecular complexity index is 922. The lowest BCUT2D eigenvalue weighted by atomic mass is 9.57. The Morgan fingerprint density at radius 1 is 1.09 bits per heavy atom. The van der Waals surface area contributed by atoms with Crippen LogP contribution in [0.2, 0.25) is 0 Å². The number of rotatable bonds is 10. The lowest BCUT2D eigenvalue weighted by Crippen LogP contribution is -2.76. The van der Waals surface area contributed by atoms with Gasteiger partial charge in [-0.3, -0.25) is 19.8 Å². The fourth-order valence-corrected chi connectivity index (χ4v) is 8.44. The standard InChI is InChI=1S/C31H58F2N8O2/c1-6-8-9-20(7-2)31(3)24-11-10-21(32)16-36-28(31)26(29(34)38-24)30(43)37-23-18-35-17-22(33)27(23)41-14-12-40(13-15-41)25(42)19-39(4)5/h20-24,26-29,35-36,38H,6-19,34H2,1-5H3,(H,37,43). The van der Waals surface area contributed by atoms with Crippen LogP contribution in [-0.2, 0) is 9.59 Å². The van der Waals surface area contributed by atoms with Crippen molar-refractivity contribution in [2.45, 2.75) is 102 Å². The zero-order valence-electron chi connectivity index (χ0n) is 27.1. The molecule has 10 nitrogen and oxygen atoms in total. The van der Waals surface area contributed by atoms with E-state index in [1.54, 1.807) is 0 Å². The van der Waals surface area contributed by atoms with E-state index < -0.39 is 36.5 Å². The van der Waals surface area contributed by atoms with Crippen LogP contribution in [0.25, 0.3) is 0 Å². The van der Waals surface area contributed by atoms with Crippen LogP contribution in [0.5, 0.6) is 0 Å². The zero-order valence-corrected chi connectivity index (χ0v) is 27.1. The summed E-state index contributed by atoms with van der Waals surface area (Å²) >= 11 is 0. The second-order valence-corrected chi connectivity index (χ2v) is 13.9. The molecule has 0 aromatic rings. The normalized spacial score (nSPS) is 38.3. The molecule has 12 heteroatoms. The largest absolute Gasteiger partial charge is 0.350 e. The highest BCUT2D eigenvalue weighted by atomic mass is 19.1. The Hall–Kier alpha value is -1.44. The molecule has 0 aromatic carbocycles. The number of carbonyl (C=O) groups is 2. The van der Waals surface area contributed by atoms with E-state index in [0.29, 0.717) is 58.0 Å². The van der Waals surface area contributed by atoms with Crippen LogP contribution < -0.4 is 27.0 Å². The van der Waals surface area contributed by atoms with E-state index in [0.717, 1.165) is 25.7 Å². The lowest BCUT2D eigenvalue weighted by Gasteiger charge is -2.58. The second-order valence-electron chi connectivity index (χ2n) is 13.9. The minimum absolute atomic E-state index is 0.00442. The highest BCUT2D eigenvalue weighted by Gasteiger charge is 2.57. The first-order chi connectivity index (χ1) is 20.5. The molecule has 2 amide bonds. The number of unbranched alkanes of at least 4 members (excludes halogenated alkanes) is 1. The maximum Gasteiger partial charge on any atom is 0.236 e. The molecular formula is C31H58F2N8O2. The highest BCUT2D eigenvalue weighted by molar-refractivity contribution is 5.81. The van der Waals surface area contributed by atoms with Gasteiger partial charge in [0.15, 0.2) is 0 Å². The molecule has 4 aliphatic heterocycles. The van der Waals surface area contributed by atoms with Gasteiger partial charge in [0.05, 0.1) is 30.7 Å². The van der Waals surface area contributed by atoms with Crippen molar-refractivity contribution in [2.24, 2.45) is 23.0 Å². The van der Waals surface area contributed by atoms with E-state index in [2.05, 4.69) is 46.9 Å². The summed E-state index contributed by atoms with van der Waals surface area (Å²) in [7, 11) is 3.74. The van der Waals surface area contributed by atoms with Crippen molar-refractivity contribution < 1.29 is 18.4 Å². The molecule has 10 atom stereocenters. The van der Waals surface area contributed by atoms with Gasteiger partial charge in [-0.05, 0) is 39.3 Å². The summed E-state index contributed by atoms with van der Waals surface area (Å²) in [6, 6.07) is -1.27. The number of piperazine rings is 1. The SMILES string of the molecule is CCCCC(CC)C1(C)C2CCC(F)CNC1C(C(=O)NC1CNCC(F)C1N1CCN(C(=O)CN(C)C)CC1)C(N)N2. The average Bonchev–Trinajstić information content (AvgIpc) is 2.96. The molecular weight excluding hydrogens is 554 g/mol. The molecule has 6 N–H and O–H groups in total. The number of halogens is 2. The van der Waals surface area contributed by atoms with Crippen LogP contribution in [0.1, 0.15) is 59.3 Å². The third kappa shape index (κ3) is 7.69. The molecule has 2 bridgehead atoms. The van der Waals surface area contributed by atoms with Crippen molar-refractivity contribution in [1.82, 2.24) is 36.0 Å². The second kappa shape index (κ2) is 15.2. The highest BCUT2D eigenvalue weighted by Crippen LogP contribution is 2.48. The van der Waals surface area contributed by atoms with Gasteiger partial charge >= 0.3 is 0 Å². The Morgan fingerprint density at radius 3 is 2.47 bits per heavy atom. The Balaban J connectivity index is 1.53. The quantitative estimate of drug-likeness (QED) is 0.245.